The molecule has 1 aromatic rings. The molecule has 1 aromatic carbocycles. The van der Waals surface area contributed by atoms with Crippen LogP contribution in [0.5, 0.6) is 0 Å². The first-order valence-corrected chi connectivity index (χ1v) is 4.82. The summed E-state index contributed by atoms with van der Waals surface area (Å²) in [6.45, 7) is 6.21. The largest absolute Gasteiger partial charge is 0.481 e. The molecular weight excluding hydrogens is 176 g/mol. The maximum Gasteiger partial charge on any atom is 0.307 e. The average molecular weight is 192 g/mol. The maximum absolute atomic E-state index is 10.7. The van der Waals surface area contributed by atoms with Gasteiger partial charge in [-0.2, -0.15) is 0 Å². The van der Waals surface area contributed by atoms with Crippen molar-refractivity contribution in [3.63, 3.8) is 0 Å². The van der Waals surface area contributed by atoms with E-state index in [1.807, 2.05) is 25.1 Å². The molecule has 0 aliphatic carbocycles. The zero-order valence-corrected chi connectivity index (χ0v) is 8.87. The lowest BCUT2D eigenvalue weighted by molar-refractivity contribution is -0.136. The first-order chi connectivity index (χ1) is 6.52. The molecule has 1 N–H and O–H groups in total. The van der Waals surface area contributed by atoms with Gasteiger partial charge in [0.25, 0.3) is 0 Å². The van der Waals surface area contributed by atoms with E-state index in [0.717, 1.165) is 5.56 Å². The standard InChI is InChI=1S/C12H16O2/c1-8(2)12-9(3)5-4-6-10(12)7-11(13)14/h4-6,8H,7H2,1-3H3,(H,13,14). The van der Waals surface area contributed by atoms with Gasteiger partial charge in [-0.25, -0.2) is 0 Å². The number of hydrogen-bond donors (Lipinski definition) is 1. The molecule has 0 amide bonds. The van der Waals surface area contributed by atoms with Crippen LogP contribution in [0.3, 0.4) is 0 Å². The minimum atomic E-state index is -0.766. The Morgan fingerprint density at radius 2 is 2.07 bits per heavy atom. The molecular formula is C12H16O2. The average Bonchev–Trinajstić information content (AvgIpc) is 2.01. The zero-order valence-electron chi connectivity index (χ0n) is 8.87. The Bertz CT molecular complexity index is 340. The van der Waals surface area contributed by atoms with Crippen LogP contribution in [0.2, 0.25) is 0 Å². The number of aryl methyl sites for hydroxylation is 1. The lowest BCUT2D eigenvalue weighted by Crippen LogP contribution is -2.06. The molecule has 0 unspecified atom stereocenters. The SMILES string of the molecule is Cc1cccc(CC(=O)O)c1C(C)C. The molecule has 76 valence electrons. The fourth-order valence-corrected chi connectivity index (χ4v) is 1.88. The predicted molar refractivity (Wildman–Crippen MR) is 56.6 cm³/mol. The van der Waals surface area contributed by atoms with Crippen molar-refractivity contribution in [2.24, 2.45) is 0 Å². The smallest absolute Gasteiger partial charge is 0.307 e. The second-order valence-electron chi connectivity index (χ2n) is 3.87. The highest BCUT2D eigenvalue weighted by atomic mass is 16.4. The van der Waals surface area contributed by atoms with E-state index in [-0.39, 0.29) is 6.42 Å². The number of benzene rings is 1. The second kappa shape index (κ2) is 4.27. The molecule has 14 heavy (non-hydrogen) atoms. The van der Waals surface area contributed by atoms with Gasteiger partial charge in [-0.3, -0.25) is 4.79 Å². The number of carboxylic acid groups (broad SMARTS) is 1. The van der Waals surface area contributed by atoms with Gasteiger partial charge in [0.15, 0.2) is 0 Å². The minimum absolute atomic E-state index is 0.120. The van der Waals surface area contributed by atoms with Crippen molar-refractivity contribution in [3.05, 3.63) is 34.9 Å². The van der Waals surface area contributed by atoms with Crippen molar-refractivity contribution < 1.29 is 9.90 Å². The molecule has 0 spiro atoms. The highest BCUT2D eigenvalue weighted by Crippen LogP contribution is 2.23. The summed E-state index contributed by atoms with van der Waals surface area (Å²) in [7, 11) is 0. The molecule has 0 fully saturated rings. The van der Waals surface area contributed by atoms with Crippen LogP contribution in [0.15, 0.2) is 18.2 Å². The zero-order chi connectivity index (χ0) is 10.7. The van der Waals surface area contributed by atoms with E-state index in [0.29, 0.717) is 5.92 Å². The van der Waals surface area contributed by atoms with Crippen molar-refractivity contribution >= 4 is 5.97 Å². The summed E-state index contributed by atoms with van der Waals surface area (Å²) >= 11 is 0. The molecule has 2 heteroatoms. The van der Waals surface area contributed by atoms with E-state index >= 15 is 0 Å². The normalized spacial score (nSPS) is 10.6. The number of carboxylic acids is 1. The Kier molecular flexibility index (Phi) is 3.28. The van der Waals surface area contributed by atoms with Gasteiger partial charge < -0.3 is 5.11 Å². The van der Waals surface area contributed by atoms with E-state index in [4.69, 9.17) is 5.11 Å². The van der Waals surface area contributed by atoms with E-state index in [1.54, 1.807) is 0 Å². The van der Waals surface area contributed by atoms with Crippen molar-refractivity contribution in [1.29, 1.82) is 0 Å². The van der Waals surface area contributed by atoms with Crippen LogP contribution in [0.25, 0.3) is 0 Å². The number of hydrogen-bond acceptors (Lipinski definition) is 1. The lowest BCUT2D eigenvalue weighted by Gasteiger charge is -2.14. The number of carbonyl (C=O) groups is 1. The van der Waals surface area contributed by atoms with Crippen LogP contribution in [-0.4, -0.2) is 11.1 Å². The summed E-state index contributed by atoms with van der Waals surface area (Å²) in [5.74, 6) is -0.386. The Morgan fingerprint density at radius 3 is 2.57 bits per heavy atom. The van der Waals surface area contributed by atoms with Gasteiger partial charge in [0.2, 0.25) is 0 Å². The summed E-state index contributed by atoms with van der Waals surface area (Å²) in [6, 6.07) is 5.84. The van der Waals surface area contributed by atoms with Gasteiger partial charge in [-0.1, -0.05) is 32.0 Å². The molecule has 0 saturated heterocycles. The second-order valence-corrected chi connectivity index (χ2v) is 3.87. The van der Waals surface area contributed by atoms with Gasteiger partial charge >= 0.3 is 5.97 Å². The van der Waals surface area contributed by atoms with Gasteiger partial charge in [0.1, 0.15) is 0 Å². The van der Waals surface area contributed by atoms with Crippen molar-refractivity contribution in [2.45, 2.75) is 33.1 Å². The van der Waals surface area contributed by atoms with E-state index < -0.39 is 5.97 Å². The summed E-state index contributed by atoms with van der Waals surface area (Å²) in [5, 5.41) is 8.76. The van der Waals surface area contributed by atoms with Crippen molar-refractivity contribution in [1.82, 2.24) is 0 Å². The summed E-state index contributed by atoms with van der Waals surface area (Å²) < 4.78 is 0. The third-order valence-corrected chi connectivity index (χ3v) is 2.33. The van der Waals surface area contributed by atoms with Gasteiger partial charge in [-0.15, -0.1) is 0 Å². The van der Waals surface area contributed by atoms with Crippen molar-refractivity contribution in [3.8, 4) is 0 Å². The Labute approximate surface area is 84.6 Å². The lowest BCUT2D eigenvalue weighted by atomic mass is 9.91. The van der Waals surface area contributed by atoms with Crippen LogP contribution < -0.4 is 0 Å². The van der Waals surface area contributed by atoms with Crippen molar-refractivity contribution in [2.75, 3.05) is 0 Å². The van der Waals surface area contributed by atoms with Crippen LogP contribution in [0.1, 0.15) is 36.5 Å². The summed E-state index contributed by atoms with van der Waals surface area (Å²) in [6.07, 6.45) is 0.120. The third kappa shape index (κ3) is 2.34. The maximum atomic E-state index is 10.7. The predicted octanol–water partition coefficient (Wildman–Crippen LogP) is 2.75. The molecule has 0 saturated carbocycles. The molecule has 2 nitrogen and oxygen atoms in total. The highest BCUT2D eigenvalue weighted by molar-refractivity contribution is 5.71. The topological polar surface area (TPSA) is 37.3 Å². The molecule has 0 aromatic heterocycles. The van der Waals surface area contributed by atoms with Crippen LogP contribution in [0, 0.1) is 6.92 Å². The van der Waals surface area contributed by atoms with Crippen LogP contribution >= 0.6 is 0 Å². The number of rotatable bonds is 3. The number of aliphatic carboxylic acids is 1. The fourth-order valence-electron chi connectivity index (χ4n) is 1.88. The Balaban J connectivity index is 3.14. The first-order valence-electron chi connectivity index (χ1n) is 4.82. The summed E-state index contributed by atoms with van der Waals surface area (Å²) in [4.78, 5) is 10.7. The van der Waals surface area contributed by atoms with E-state index in [1.165, 1.54) is 11.1 Å². The quantitative estimate of drug-likeness (QED) is 0.799. The molecule has 0 heterocycles. The van der Waals surface area contributed by atoms with Crippen LogP contribution in [-0.2, 0) is 11.2 Å². The molecule has 0 bridgehead atoms. The first kappa shape index (κ1) is 10.8. The highest BCUT2D eigenvalue weighted by Gasteiger charge is 2.11. The van der Waals surface area contributed by atoms with Gasteiger partial charge in [0, 0.05) is 0 Å². The monoisotopic (exact) mass is 192 g/mol. The molecule has 0 aliphatic heterocycles. The molecule has 1 rings (SSSR count). The Hall–Kier alpha value is -1.31. The molecule has 0 aliphatic rings. The minimum Gasteiger partial charge on any atom is -0.481 e. The van der Waals surface area contributed by atoms with Crippen LogP contribution in [0.4, 0.5) is 0 Å². The van der Waals surface area contributed by atoms with Gasteiger partial charge in [0.05, 0.1) is 6.42 Å². The van der Waals surface area contributed by atoms with E-state index in [2.05, 4.69) is 13.8 Å². The van der Waals surface area contributed by atoms with E-state index in [9.17, 15) is 4.79 Å². The Morgan fingerprint density at radius 1 is 1.43 bits per heavy atom. The summed E-state index contributed by atoms with van der Waals surface area (Å²) in [5.41, 5.74) is 3.29. The molecule has 0 atom stereocenters. The fraction of sp³-hybridized carbons (Fsp3) is 0.417. The third-order valence-electron chi connectivity index (χ3n) is 2.33. The molecule has 0 radical (unpaired) electrons. The van der Waals surface area contributed by atoms with Gasteiger partial charge in [-0.05, 0) is 29.5 Å².